The molecule has 0 fully saturated rings. The highest BCUT2D eigenvalue weighted by molar-refractivity contribution is 5.77. The second kappa shape index (κ2) is 14.9. The molecule has 5 aromatic carbocycles. The van der Waals surface area contributed by atoms with E-state index >= 15 is 0 Å². The van der Waals surface area contributed by atoms with Gasteiger partial charge in [0, 0.05) is 34.6 Å². The Morgan fingerprint density at radius 1 is 0.291 bits per heavy atom. The Balaban J connectivity index is 0.968. The highest BCUT2D eigenvalue weighted by Gasteiger charge is 2.13. The monoisotopic (exact) mass is 709 g/mol. The minimum atomic E-state index is -0.277. The smallest absolute Gasteiger partial charge is 0.160 e. The van der Waals surface area contributed by atoms with Gasteiger partial charge in [0.05, 0.1) is 34.2 Å². The van der Waals surface area contributed by atoms with Crippen LogP contribution in [0.15, 0.2) is 194 Å². The van der Waals surface area contributed by atoms with Gasteiger partial charge in [-0.2, -0.15) is 0 Å². The van der Waals surface area contributed by atoms with Crippen LogP contribution in [-0.4, -0.2) is 24.9 Å². The van der Waals surface area contributed by atoms with E-state index in [4.69, 9.17) is 19.9 Å². The lowest BCUT2D eigenvalue weighted by Crippen LogP contribution is -1.95. The molecule has 55 heavy (non-hydrogen) atoms. The molecule has 6 heteroatoms. The van der Waals surface area contributed by atoms with Crippen LogP contribution in [0.1, 0.15) is 0 Å². The van der Waals surface area contributed by atoms with Gasteiger partial charge in [-0.25, -0.2) is 19.3 Å². The molecule has 0 N–H and O–H groups in total. The Labute approximate surface area is 318 Å². The van der Waals surface area contributed by atoms with Gasteiger partial charge in [0.15, 0.2) is 5.82 Å². The van der Waals surface area contributed by atoms with Crippen molar-refractivity contribution in [1.82, 2.24) is 24.9 Å². The molecule has 0 amide bonds. The van der Waals surface area contributed by atoms with Crippen LogP contribution >= 0.6 is 0 Å². The van der Waals surface area contributed by atoms with E-state index in [1.54, 1.807) is 18.3 Å². The molecule has 0 aliphatic heterocycles. The van der Waals surface area contributed by atoms with Crippen molar-refractivity contribution in [3.63, 3.8) is 0 Å². The van der Waals surface area contributed by atoms with E-state index in [1.165, 1.54) is 12.1 Å². The second-order valence-electron chi connectivity index (χ2n) is 13.1. The summed E-state index contributed by atoms with van der Waals surface area (Å²) in [5.41, 5.74) is 13.8. The maximum atomic E-state index is 13.7. The molecule has 260 valence electrons. The molecular formula is C49H32FN5. The van der Waals surface area contributed by atoms with E-state index < -0.39 is 0 Å². The minimum absolute atomic E-state index is 0.277. The summed E-state index contributed by atoms with van der Waals surface area (Å²) in [4.78, 5) is 24.2. The van der Waals surface area contributed by atoms with Crippen LogP contribution in [0.5, 0.6) is 0 Å². The highest BCUT2D eigenvalue weighted by Crippen LogP contribution is 2.32. The van der Waals surface area contributed by atoms with Gasteiger partial charge in [-0.1, -0.05) is 133 Å². The molecule has 9 rings (SSSR count). The third kappa shape index (κ3) is 7.30. The van der Waals surface area contributed by atoms with Gasteiger partial charge in [-0.3, -0.25) is 9.97 Å². The van der Waals surface area contributed by atoms with Gasteiger partial charge >= 0.3 is 0 Å². The zero-order chi connectivity index (χ0) is 37.0. The number of benzene rings is 5. The minimum Gasteiger partial charge on any atom is -0.255 e. The van der Waals surface area contributed by atoms with Gasteiger partial charge in [0.1, 0.15) is 5.82 Å². The highest BCUT2D eigenvalue weighted by atomic mass is 19.1. The number of halogens is 1. The molecule has 4 aromatic heterocycles. The van der Waals surface area contributed by atoms with Gasteiger partial charge in [0.25, 0.3) is 0 Å². The van der Waals surface area contributed by atoms with E-state index in [0.717, 1.165) is 78.5 Å². The first-order chi connectivity index (χ1) is 27.1. The number of hydrogen-bond acceptors (Lipinski definition) is 5. The number of hydrogen-bond donors (Lipinski definition) is 0. The maximum absolute atomic E-state index is 13.7. The summed E-state index contributed by atoms with van der Waals surface area (Å²) in [6.45, 7) is 0. The molecule has 0 aliphatic carbocycles. The van der Waals surface area contributed by atoms with Crippen molar-refractivity contribution < 1.29 is 4.39 Å². The molecule has 0 saturated heterocycles. The lowest BCUT2D eigenvalue weighted by molar-refractivity contribution is 0.628. The summed E-state index contributed by atoms with van der Waals surface area (Å²) >= 11 is 0. The van der Waals surface area contributed by atoms with E-state index in [0.29, 0.717) is 11.5 Å². The second-order valence-corrected chi connectivity index (χ2v) is 13.1. The predicted octanol–water partition coefficient (Wildman–Crippen LogP) is 12.1. The first-order valence-electron chi connectivity index (χ1n) is 18.0. The number of aromatic nitrogens is 5. The number of pyridine rings is 3. The van der Waals surface area contributed by atoms with E-state index in [-0.39, 0.29) is 5.82 Å². The molecule has 0 saturated carbocycles. The Bertz CT molecular complexity index is 2640. The average Bonchev–Trinajstić information content (AvgIpc) is 3.27. The third-order valence-corrected chi connectivity index (χ3v) is 9.52. The molecule has 0 atom stereocenters. The molecule has 0 radical (unpaired) electrons. The molecule has 5 nitrogen and oxygen atoms in total. The van der Waals surface area contributed by atoms with Gasteiger partial charge in [0.2, 0.25) is 0 Å². The average molecular weight is 710 g/mol. The first kappa shape index (κ1) is 33.4. The Kier molecular flexibility index (Phi) is 9.04. The fourth-order valence-electron chi connectivity index (χ4n) is 6.59. The molecule has 0 unspecified atom stereocenters. The van der Waals surface area contributed by atoms with Crippen molar-refractivity contribution in [2.75, 3.05) is 0 Å². The summed E-state index contributed by atoms with van der Waals surface area (Å²) in [5, 5.41) is 0. The number of nitrogens with zero attached hydrogens (tertiary/aromatic N) is 5. The van der Waals surface area contributed by atoms with Crippen LogP contribution in [0, 0.1) is 5.82 Å². The van der Waals surface area contributed by atoms with Crippen LogP contribution in [-0.2, 0) is 0 Å². The summed E-state index contributed by atoms with van der Waals surface area (Å²) in [7, 11) is 0. The third-order valence-electron chi connectivity index (χ3n) is 9.52. The normalized spacial score (nSPS) is 11.0. The fraction of sp³-hybridized carbons (Fsp3) is 0. The van der Waals surface area contributed by atoms with E-state index in [1.807, 2.05) is 91.1 Å². The Hall–Kier alpha value is -7.44. The molecule has 9 aromatic rings. The zero-order valence-corrected chi connectivity index (χ0v) is 29.6. The predicted molar refractivity (Wildman–Crippen MR) is 219 cm³/mol. The van der Waals surface area contributed by atoms with Crippen LogP contribution in [0.3, 0.4) is 0 Å². The van der Waals surface area contributed by atoms with Crippen LogP contribution in [0.4, 0.5) is 4.39 Å². The van der Waals surface area contributed by atoms with Crippen molar-refractivity contribution in [2.24, 2.45) is 0 Å². The van der Waals surface area contributed by atoms with Crippen molar-refractivity contribution >= 4 is 0 Å². The Morgan fingerprint density at radius 3 is 1.33 bits per heavy atom. The summed E-state index contributed by atoms with van der Waals surface area (Å²) < 4.78 is 13.7. The molecule has 0 spiro atoms. The standard InChI is InChI=1S/C49H32FN5/c50-42-25-22-36(23-26-42)41-29-47(43-13-7-8-28-51-43)53-48(30-41)44-27-24-40(32-52-44)35-16-14-33(15-17-35)34-18-20-38(21-19-34)46-31-45(37-9-3-1-4-10-37)54-49(55-46)39-11-5-2-6-12-39/h1-32H. The van der Waals surface area contributed by atoms with Gasteiger partial charge in [-0.15, -0.1) is 0 Å². The van der Waals surface area contributed by atoms with Crippen molar-refractivity contribution in [1.29, 1.82) is 0 Å². The van der Waals surface area contributed by atoms with E-state index in [9.17, 15) is 4.39 Å². The van der Waals surface area contributed by atoms with Crippen molar-refractivity contribution in [3.05, 3.63) is 200 Å². The topological polar surface area (TPSA) is 64.5 Å². The van der Waals surface area contributed by atoms with Crippen LogP contribution in [0.2, 0.25) is 0 Å². The largest absolute Gasteiger partial charge is 0.255 e. The van der Waals surface area contributed by atoms with Crippen LogP contribution < -0.4 is 0 Å². The van der Waals surface area contributed by atoms with E-state index in [2.05, 4.69) is 77.8 Å². The lowest BCUT2D eigenvalue weighted by atomic mass is 9.99. The van der Waals surface area contributed by atoms with Crippen molar-refractivity contribution in [3.8, 4) is 90.1 Å². The first-order valence-corrected chi connectivity index (χ1v) is 18.0. The molecular weight excluding hydrogens is 678 g/mol. The molecule has 4 heterocycles. The lowest BCUT2D eigenvalue weighted by Gasteiger charge is -2.11. The Morgan fingerprint density at radius 2 is 0.764 bits per heavy atom. The quantitative estimate of drug-likeness (QED) is 0.157. The summed E-state index contributed by atoms with van der Waals surface area (Å²) in [6, 6.07) is 59.6. The summed E-state index contributed by atoms with van der Waals surface area (Å²) in [5.74, 6) is 0.420. The van der Waals surface area contributed by atoms with Gasteiger partial charge < -0.3 is 0 Å². The molecule has 0 aliphatic rings. The SMILES string of the molecule is Fc1ccc(-c2cc(-c3ccccn3)nc(-c3ccc(-c4ccc(-c5ccc(-c6cc(-c7ccccc7)nc(-c7ccccc7)n6)cc5)cc4)cn3)c2)cc1. The maximum Gasteiger partial charge on any atom is 0.160 e. The van der Waals surface area contributed by atoms with Crippen molar-refractivity contribution in [2.45, 2.75) is 0 Å². The molecule has 0 bridgehead atoms. The fourth-order valence-corrected chi connectivity index (χ4v) is 6.59. The summed E-state index contributed by atoms with van der Waals surface area (Å²) in [6.07, 6.45) is 3.62. The van der Waals surface area contributed by atoms with Gasteiger partial charge in [-0.05, 0) is 76.3 Å². The zero-order valence-electron chi connectivity index (χ0n) is 29.6. The van der Waals surface area contributed by atoms with Crippen LogP contribution in [0.25, 0.3) is 90.1 Å². The number of rotatable bonds is 8.